The minimum Gasteiger partial charge on any atom is -0.497 e. The van der Waals surface area contributed by atoms with Crippen LogP contribution in [-0.2, 0) is 11.2 Å². The number of aromatic nitrogens is 3. The number of rotatable bonds is 7. The van der Waals surface area contributed by atoms with E-state index in [1.807, 2.05) is 54.6 Å². The van der Waals surface area contributed by atoms with Crippen molar-refractivity contribution in [2.24, 2.45) is 0 Å². The smallest absolute Gasteiger partial charge is 0.250 e. The molecule has 0 radical (unpaired) electrons. The number of carbonyl (C=O) groups excluding carboxylic acids is 1. The molecule has 1 aliphatic heterocycles. The van der Waals surface area contributed by atoms with Gasteiger partial charge in [-0.25, -0.2) is 9.07 Å². The van der Waals surface area contributed by atoms with Gasteiger partial charge in [0.1, 0.15) is 11.6 Å². The molecule has 0 fully saturated rings. The molecule has 0 saturated carbocycles. The molecular formula is C27H26FN5O2. The van der Waals surface area contributed by atoms with Gasteiger partial charge in [-0.05, 0) is 53.8 Å². The molecule has 4 aromatic rings. The number of nitrogens with one attached hydrogen (secondary N) is 2. The highest BCUT2D eigenvalue weighted by atomic mass is 19.1. The molecular weight excluding hydrogens is 445 g/mol. The lowest BCUT2D eigenvalue weighted by Gasteiger charge is -2.31. The van der Waals surface area contributed by atoms with E-state index in [0.29, 0.717) is 25.2 Å². The van der Waals surface area contributed by atoms with Crippen LogP contribution in [0.15, 0.2) is 78.9 Å². The number of hydrogen-bond donors (Lipinski definition) is 2. The van der Waals surface area contributed by atoms with E-state index in [0.717, 1.165) is 22.4 Å². The van der Waals surface area contributed by atoms with Crippen LogP contribution >= 0.6 is 0 Å². The van der Waals surface area contributed by atoms with Gasteiger partial charge in [0.05, 0.1) is 19.2 Å². The molecule has 0 bridgehead atoms. The number of methoxy groups -OCH3 is 1. The summed E-state index contributed by atoms with van der Waals surface area (Å²) in [5.74, 6) is 1.13. The van der Waals surface area contributed by atoms with Crippen molar-refractivity contribution in [3.63, 3.8) is 0 Å². The number of carbonyl (C=O) groups is 1. The maximum Gasteiger partial charge on any atom is 0.250 e. The van der Waals surface area contributed by atoms with Crippen molar-refractivity contribution in [3.05, 3.63) is 101 Å². The van der Waals surface area contributed by atoms with E-state index in [1.165, 1.54) is 12.1 Å². The van der Waals surface area contributed by atoms with Crippen LogP contribution in [0.1, 0.15) is 41.6 Å². The van der Waals surface area contributed by atoms with Crippen molar-refractivity contribution in [2.45, 2.75) is 31.3 Å². The maximum absolute atomic E-state index is 13.6. The standard InChI is InChI=1S/C27H26FN5O2/c1-35-22-14-10-19(11-15-22)23-17-24(20-8-12-21(28)13-9-20)33-27(29-23)31-26(32-33)30-25(34)16-7-18-5-3-2-4-6-18/h2-6,8-15,23-24H,7,16-17H2,1H3,(H2,29,30,31,32,34). The monoisotopic (exact) mass is 471 g/mol. The highest BCUT2D eigenvalue weighted by Gasteiger charge is 2.31. The lowest BCUT2D eigenvalue weighted by molar-refractivity contribution is -0.116. The van der Waals surface area contributed by atoms with Crippen molar-refractivity contribution >= 4 is 17.8 Å². The number of amides is 1. The predicted molar refractivity (Wildman–Crippen MR) is 132 cm³/mol. The molecule has 1 aromatic heterocycles. The quantitative estimate of drug-likeness (QED) is 0.390. The van der Waals surface area contributed by atoms with Gasteiger partial charge in [0, 0.05) is 6.42 Å². The minimum atomic E-state index is -0.292. The molecule has 2 heterocycles. The first-order chi connectivity index (χ1) is 17.1. The van der Waals surface area contributed by atoms with Gasteiger partial charge in [0.2, 0.25) is 11.9 Å². The average Bonchev–Trinajstić information content (AvgIpc) is 3.30. The van der Waals surface area contributed by atoms with Gasteiger partial charge in [0.25, 0.3) is 5.95 Å². The summed E-state index contributed by atoms with van der Waals surface area (Å²) in [5.41, 5.74) is 3.08. The van der Waals surface area contributed by atoms with E-state index in [-0.39, 0.29) is 29.8 Å². The van der Waals surface area contributed by atoms with Gasteiger partial charge in [0.15, 0.2) is 0 Å². The molecule has 2 unspecified atom stereocenters. The lowest BCUT2D eigenvalue weighted by atomic mass is 9.93. The van der Waals surface area contributed by atoms with Gasteiger partial charge in [-0.3, -0.25) is 10.1 Å². The van der Waals surface area contributed by atoms with Gasteiger partial charge >= 0.3 is 0 Å². The van der Waals surface area contributed by atoms with Crippen LogP contribution in [0, 0.1) is 5.82 Å². The number of anilines is 2. The number of ether oxygens (including phenoxy) is 1. The molecule has 0 saturated heterocycles. The first-order valence-corrected chi connectivity index (χ1v) is 11.6. The molecule has 8 heteroatoms. The number of nitrogens with zero attached hydrogens (tertiary/aromatic N) is 3. The molecule has 1 aliphatic rings. The Morgan fingerprint density at radius 1 is 1.06 bits per heavy atom. The van der Waals surface area contributed by atoms with E-state index in [2.05, 4.69) is 20.7 Å². The second kappa shape index (κ2) is 9.97. The van der Waals surface area contributed by atoms with E-state index in [1.54, 1.807) is 23.9 Å². The Morgan fingerprint density at radius 2 is 1.77 bits per heavy atom. The molecule has 7 nitrogen and oxygen atoms in total. The Hall–Kier alpha value is -4.20. The zero-order valence-electron chi connectivity index (χ0n) is 19.3. The van der Waals surface area contributed by atoms with E-state index >= 15 is 0 Å². The van der Waals surface area contributed by atoms with E-state index in [4.69, 9.17) is 4.74 Å². The molecule has 0 aliphatic carbocycles. The highest BCUT2D eigenvalue weighted by Crippen LogP contribution is 2.38. The van der Waals surface area contributed by atoms with Crippen LogP contribution in [0.3, 0.4) is 0 Å². The van der Waals surface area contributed by atoms with Crippen LogP contribution in [0.4, 0.5) is 16.3 Å². The molecule has 2 N–H and O–H groups in total. The summed E-state index contributed by atoms with van der Waals surface area (Å²) < 4.78 is 20.6. The summed E-state index contributed by atoms with van der Waals surface area (Å²) in [4.78, 5) is 17.1. The van der Waals surface area contributed by atoms with Gasteiger partial charge < -0.3 is 10.1 Å². The fraction of sp³-hybridized carbons (Fsp3) is 0.222. The SMILES string of the molecule is COc1ccc(C2CC(c3ccc(F)cc3)n3nc(NC(=O)CCc4ccccc4)nc3N2)cc1. The summed E-state index contributed by atoms with van der Waals surface area (Å²) in [5, 5.41) is 10.8. The molecule has 35 heavy (non-hydrogen) atoms. The summed E-state index contributed by atoms with van der Waals surface area (Å²) in [7, 11) is 1.64. The highest BCUT2D eigenvalue weighted by molar-refractivity contribution is 5.89. The van der Waals surface area contributed by atoms with Crippen molar-refractivity contribution < 1.29 is 13.9 Å². The van der Waals surface area contributed by atoms with Crippen LogP contribution in [-0.4, -0.2) is 27.8 Å². The Bertz CT molecular complexity index is 1290. The molecule has 178 valence electrons. The van der Waals surface area contributed by atoms with Gasteiger partial charge in [-0.1, -0.05) is 54.6 Å². The van der Waals surface area contributed by atoms with E-state index < -0.39 is 0 Å². The Labute approximate surface area is 203 Å². The summed E-state index contributed by atoms with van der Waals surface area (Å²) in [6.45, 7) is 0. The molecule has 3 aromatic carbocycles. The maximum atomic E-state index is 13.6. The van der Waals surface area contributed by atoms with Crippen LogP contribution in [0.5, 0.6) is 5.75 Å². The zero-order chi connectivity index (χ0) is 24.2. The topological polar surface area (TPSA) is 81.1 Å². The minimum absolute atomic E-state index is 0.0470. The Balaban J connectivity index is 1.38. The fourth-order valence-electron chi connectivity index (χ4n) is 4.34. The summed E-state index contributed by atoms with van der Waals surface area (Å²) >= 11 is 0. The van der Waals surface area contributed by atoms with Crippen LogP contribution < -0.4 is 15.4 Å². The third-order valence-electron chi connectivity index (χ3n) is 6.20. The third kappa shape index (κ3) is 5.16. The zero-order valence-corrected chi connectivity index (χ0v) is 19.3. The van der Waals surface area contributed by atoms with Crippen LogP contribution in [0.2, 0.25) is 0 Å². The number of halogens is 1. The van der Waals surface area contributed by atoms with Crippen molar-refractivity contribution in [2.75, 3.05) is 17.7 Å². The van der Waals surface area contributed by atoms with Crippen molar-refractivity contribution in [1.82, 2.24) is 14.8 Å². The third-order valence-corrected chi connectivity index (χ3v) is 6.20. The second-order valence-corrected chi connectivity index (χ2v) is 8.51. The Kier molecular flexibility index (Phi) is 6.43. The number of benzene rings is 3. The molecule has 0 spiro atoms. The number of aryl methyl sites for hydroxylation is 1. The summed E-state index contributed by atoms with van der Waals surface area (Å²) in [6, 6.07) is 23.9. The average molecular weight is 472 g/mol. The Morgan fingerprint density at radius 3 is 2.49 bits per heavy atom. The largest absolute Gasteiger partial charge is 0.497 e. The van der Waals surface area contributed by atoms with Gasteiger partial charge in [-0.15, -0.1) is 5.10 Å². The first-order valence-electron chi connectivity index (χ1n) is 11.6. The molecule has 1 amide bonds. The van der Waals surface area contributed by atoms with E-state index in [9.17, 15) is 9.18 Å². The first kappa shape index (κ1) is 22.6. The fourth-order valence-corrected chi connectivity index (χ4v) is 4.34. The molecule has 2 atom stereocenters. The number of hydrogen-bond acceptors (Lipinski definition) is 5. The van der Waals surface area contributed by atoms with Crippen molar-refractivity contribution in [1.29, 1.82) is 0 Å². The normalized spacial score (nSPS) is 16.7. The molecule has 5 rings (SSSR count). The summed E-state index contributed by atoms with van der Waals surface area (Å²) in [6.07, 6.45) is 1.64. The second-order valence-electron chi connectivity index (χ2n) is 8.51. The lowest BCUT2D eigenvalue weighted by Crippen LogP contribution is -2.28. The van der Waals surface area contributed by atoms with Crippen LogP contribution in [0.25, 0.3) is 0 Å². The number of fused-ring (bicyclic) bond motifs is 1. The van der Waals surface area contributed by atoms with Crippen molar-refractivity contribution in [3.8, 4) is 5.75 Å². The predicted octanol–water partition coefficient (Wildman–Crippen LogP) is 5.14. The van der Waals surface area contributed by atoms with Gasteiger partial charge in [-0.2, -0.15) is 4.98 Å².